The lowest BCUT2D eigenvalue weighted by Crippen LogP contribution is -2.49. The predicted octanol–water partition coefficient (Wildman–Crippen LogP) is 2.07. The average Bonchev–Trinajstić information content (AvgIpc) is 2.76. The molecule has 2 aromatic heterocycles. The van der Waals surface area contributed by atoms with Crippen LogP contribution < -0.4 is 11.3 Å². The SMILES string of the molecule is Nc1cc(C(=O)N2C[C@@H]3C[C@H](C2)c2ccc(CN4CCCCC4)c(=O)n2C3)ccn1. The standard InChI is InChI=1S/C23H29N5O2/c24-21-11-17(6-7-25-21)22(29)27-12-16-10-19(15-27)20-5-4-18(23(30)28(20)13-16)14-26-8-2-1-3-9-26/h4-7,11,16,19H,1-3,8-10,12-15H2,(H2,24,25)/t16-,19+/m0/s1. The van der Waals surface area contributed by atoms with Gasteiger partial charge in [-0.05, 0) is 56.5 Å². The zero-order chi connectivity index (χ0) is 20.7. The van der Waals surface area contributed by atoms with E-state index >= 15 is 0 Å². The maximum absolute atomic E-state index is 13.2. The van der Waals surface area contributed by atoms with Crippen LogP contribution in [0.25, 0.3) is 0 Å². The van der Waals surface area contributed by atoms with Crippen molar-refractivity contribution in [1.29, 1.82) is 0 Å². The summed E-state index contributed by atoms with van der Waals surface area (Å²) in [6.07, 6.45) is 6.36. The van der Waals surface area contributed by atoms with Crippen molar-refractivity contribution in [3.8, 4) is 0 Å². The average molecular weight is 408 g/mol. The molecule has 0 aromatic carbocycles. The highest BCUT2D eigenvalue weighted by Crippen LogP contribution is 2.35. The molecule has 2 atom stereocenters. The summed E-state index contributed by atoms with van der Waals surface area (Å²) in [4.78, 5) is 34.5. The highest BCUT2D eigenvalue weighted by Gasteiger charge is 2.37. The highest BCUT2D eigenvalue weighted by atomic mass is 16.2. The summed E-state index contributed by atoms with van der Waals surface area (Å²) in [5.41, 5.74) is 8.48. The fourth-order valence-corrected chi connectivity index (χ4v) is 5.40. The molecule has 2 bridgehead atoms. The molecule has 2 N–H and O–H groups in total. The molecule has 5 heterocycles. The van der Waals surface area contributed by atoms with Crippen molar-refractivity contribution in [3.63, 3.8) is 0 Å². The Hall–Kier alpha value is -2.67. The molecule has 5 rings (SSSR count). The van der Waals surface area contributed by atoms with Gasteiger partial charge in [0.15, 0.2) is 0 Å². The van der Waals surface area contributed by atoms with E-state index in [1.54, 1.807) is 18.3 Å². The maximum Gasteiger partial charge on any atom is 0.255 e. The Labute approximate surface area is 176 Å². The lowest BCUT2D eigenvalue weighted by Gasteiger charge is -2.43. The van der Waals surface area contributed by atoms with Crippen molar-refractivity contribution >= 4 is 11.7 Å². The Morgan fingerprint density at radius 2 is 1.93 bits per heavy atom. The first-order valence-electron chi connectivity index (χ1n) is 11.0. The van der Waals surface area contributed by atoms with Crippen LogP contribution in [-0.2, 0) is 13.1 Å². The smallest absolute Gasteiger partial charge is 0.255 e. The van der Waals surface area contributed by atoms with Gasteiger partial charge in [-0.15, -0.1) is 0 Å². The van der Waals surface area contributed by atoms with Gasteiger partial charge < -0.3 is 15.2 Å². The molecule has 2 saturated heterocycles. The number of carbonyl (C=O) groups excluding carboxylic acids is 1. The van der Waals surface area contributed by atoms with E-state index in [1.807, 2.05) is 15.5 Å². The molecule has 1 amide bonds. The Morgan fingerprint density at radius 1 is 1.10 bits per heavy atom. The van der Waals surface area contributed by atoms with E-state index in [0.717, 1.165) is 37.3 Å². The number of hydrogen-bond acceptors (Lipinski definition) is 5. The van der Waals surface area contributed by atoms with E-state index < -0.39 is 0 Å². The molecule has 30 heavy (non-hydrogen) atoms. The Bertz CT molecular complexity index is 1010. The minimum atomic E-state index is -0.00341. The number of rotatable bonds is 3. The predicted molar refractivity (Wildman–Crippen MR) is 115 cm³/mol. The van der Waals surface area contributed by atoms with E-state index in [4.69, 9.17) is 5.73 Å². The lowest BCUT2D eigenvalue weighted by molar-refractivity contribution is 0.0594. The first-order chi connectivity index (χ1) is 14.6. The summed E-state index contributed by atoms with van der Waals surface area (Å²) < 4.78 is 1.99. The molecule has 7 nitrogen and oxygen atoms in total. The number of anilines is 1. The molecule has 0 spiro atoms. The minimum absolute atomic E-state index is 0.00341. The summed E-state index contributed by atoms with van der Waals surface area (Å²) in [5, 5.41) is 0. The van der Waals surface area contributed by atoms with Crippen LogP contribution in [0.3, 0.4) is 0 Å². The first kappa shape index (κ1) is 19.3. The number of nitrogens with zero attached hydrogens (tertiary/aromatic N) is 4. The zero-order valence-corrected chi connectivity index (χ0v) is 17.3. The molecule has 7 heteroatoms. The Balaban J connectivity index is 1.37. The first-order valence-corrected chi connectivity index (χ1v) is 11.0. The minimum Gasteiger partial charge on any atom is -0.384 e. The van der Waals surface area contributed by atoms with Gasteiger partial charge in [0, 0.05) is 55.1 Å². The highest BCUT2D eigenvalue weighted by molar-refractivity contribution is 5.94. The van der Waals surface area contributed by atoms with E-state index in [1.165, 1.54) is 19.3 Å². The molecule has 3 aliphatic rings. The van der Waals surface area contributed by atoms with Crippen molar-refractivity contribution in [1.82, 2.24) is 19.4 Å². The van der Waals surface area contributed by atoms with Gasteiger partial charge in [0.2, 0.25) is 0 Å². The van der Waals surface area contributed by atoms with Gasteiger partial charge in [0.25, 0.3) is 11.5 Å². The van der Waals surface area contributed by atoms with Crippen molar-refractivity contribution in [2.45, 2.75) is 44.7 Å². The Morgan fingerprint density at radius 3 is 2.73 bits per heavy atom. The van der Waals surface area contributed by atoms with Crippen molar-refractivity contribution in [3.05, 3.63) is 57.6 Å². The third-order valence-electron chi connectivity index (χ3n) is 6.84. The van der Waals surface area contributed by atoms with Gasteiger partial charge in [-0.2, -0.15) is 0 Å². The second-order valence-corrected chi connectivity index (χ2v) is 9.01. The van der Waals surface area contributed by atoms with Crippen LogP contribution in [-0.4, -0.2) is 51.4 Å². The molecule has 0 saturated carbocycles. The van der Waals surface area contributed by atoms with Crippen LogP contribution in [0, 0.1) is 5.92 Å². The summed E-state index contributed by atoms with van der Waals surface area (Å²) in [7, 11) is 0. The molecule has 0 aliphatic carbocycles. The summed E-state index contributed by atoms with van der Waals surface area (Å²) in [6.45, 7) is 4.94. The number of fused-ring (bicyclic) bond motifs is 4. The monoisotopic (exact) mass is 407 g/mol. The van der Waals surface area contributed by atoms with Crippen molar-refractivity contribution < 1.29 is 4.79 Å². The largest absolute Gasteiger partial charge is 0.384 e. The Kier molecular flexibility index (Phi) is 5.06. The van der Waals surface area contributed by atoms with Gasteiger partial charge in [0.05, 0.1) is 0 Å². The number of pyridine rings is 2. The quantitative estimate of drug-likeness (QED) is 0.842. The van der Waals surface area contributed by atoms with E-state index in [0.29, 0.717) is 36.9 Å². The molecular formula is C23H29N5O2. The number of amides is 1. The summed E-state index contributed by atoms with van der Waals surface area (Å²) in [5.74, 6) is 0.868. The van der Waals surface area contributed by atoms with Crippen molar-refractivity contribution in [2.75, 3.05) is 31.9 Å². The second-order valence-electron chi connectivity index (χ2n) is 9.01. The number of nitrogen functional groups attached to an aromatic ring is 1. The van der Waals surface area contributed by atoms with Gasteiger partial charge in [-0.25, -0.2) is 4.98 Å². The van der Waals surface area contributed by atoms with Crippen LogP contribution in [0.15, 0.2) is 35.3 Å². The summed E-state index contributed by atoms with van der Waals surface area (Å²) in [6, 6.07) is 7.50. The molecule has 2 fully saturated rings. The molecule has 3 aliphatic heterocycles. The number of carbonyl (C=O) groups is 1. The van der Waals surface area contributed by atoms with Crippen LogP contribution in [0.1, 0.15) is 53.2 Å². The van der Waals surface area contributed by atoms with E-state index in [-0.39, 0.29) is 17.4 Å². The normalized spacial score (nSPS) is 23.8. The zero-order valence-electron chi connectivity index (χ0n) is 17.3. The van der Waals surface area contributed by atoms with Crippen LogP contribution in [0.5, 0.6) is 0 Å². The second kappa shape index (κ2) is 7.87. The van der Waals surface area contributed by atoms with E-state index in [9.17, 15) is 9.59 Å². The number of nitrogens with two attached hydrogens (primary N) is 1. The van der Waals surface area contributed by atoms with Crippen LogP contribution >= 0.6 is 0 Å². The topological polar surface area (TPSA) is 84.5 Å². The van der Waals surface area contributed by atoms with Gasteiger partial charge >= 0.3 is 0 Å². The van der Waals surface area contributed by atoms with E-state index in [2.05, 4.69) is 16.0 Å². The van der Waals surface area contributed by atoms with Crippen LogP contribution in [0.4, 0.5) is 5.82 Å². The summed E-state index contributed by atoms with van der Waals surface area (Å²) >= 11 is 0. The van der Waals surface area contributed by atoms with Gasteiger partial charge in [-0.3, -0.25) is 14.5 Å². The lowest BCUT2D eigenvalue weighted by atomic mass is 9.82. The number of piperidine rings is 2. The molecule has 158 valence electrons. The van der Waals surface area contributed by atoms with Gasteiger partial charge in [-0.1, -0.05) is 12.5 Å². The molecular weight excluding hydrogens is 378 g/mol. The fraction of sp³-hybridized carbons (Fsp3) is 0.522. The number of aromatic nitrogens is 2. The third-order valence-corrected chi connectivity index (χ3v) is 6.84. The third kappa shape index (κ3) is 3.62. The number of hydrogen-bond donors (Lipinski definition) is 1. The molecule has 2 aromatic rings. The maximum atomic E-state index is 13.2. The molecule has 0 unspecified atom stereocenters. The van der Waals surface area contributed by atoms with Crippen LogP contribution in [0.2, 0.25) is 0 Å². The molecule has 0 radical (unpaired) electrons. The number of likely N-dealkylation sites (tertiary alicyclic amines) is 2. The fourth-order valence-electron chi connectivity index (χ4n) is 5.40. The van der Waals surface area contributed by atoms with Crippen molar-refractivity contribution in [2.24, 2.45) is 5.92 Å². The van der Waals surface area contributed by atoms with Gasteiger partial charge in [0.1, 0.15) is 5.82 Å².